The van der Waals surface area contributed by atoms with E-state index in [9.17, 15) is 17.6 Å². The zero-order chi connectivity index (χ0) is 14.0. The molecule has 0 spiro atoms. The molecule has 0 aliphatic rings. The van der Waals surface area contributed by atoms with Crippen molar-refractivity contribution in [3.63, 3.8) is 0 Å². The fraction of sp³-hybridized carbons (Fsp3) is 0.154. The molecule has 0 saturated heterocycles. The van der Waals surface area contributed by atoms with Gasteiger partial charge in [0.15, 0.2) is 0 Å². The maximum absolute atomic E-state index is 13.2. The molecular formula is C13H8BrF4N. The van der Waals surface area contributed by atoms with Crippen LogP contribution in [0.2, 0.25) is 0 Å². The SMILES string of the molecule is Fc1cccc(-c2nc(C(F)(F)F)ccc2CBr)c1. The molecule has 1 heterocycles. The van der Waals surface area contributed by atoms with Gasteiger partial charge in [-0.05, 0) is 23.8 Å². The Morgan fingerprint density at radius 1 is 1.11 bits per heavy atom. The van der Waals surface area contributed by atoms with Crippen LogP contribution in [0.3, 0.4) is 0 Å². The first-order valence-electron chi connectivity index (χ1n) is 5.31. The summed E-state index contributed by atoms with van der Waals surface area (Å²) in [6, 6.07) is 7.60. The molecule has 0 N–H and O–H groups in total. The van der Waals surface area contributed by atoms with Crippen LogP contribution in [0.1, 0.15) is 11.3 Å². The van der Waals surface area contributed by atoms with Gasteiger partial charge in [-0.15, -0.1) is 0 Å². The Bertz CT molecular complexity index is 595. The van der Waals surface area contributed by atoms with Crippen LogP contribution >= 0.6 is 15.9 Å². The zero-order valence-corrected chi connectivity index (χ0v) is 11.1. The van der Waals surface area contributed by atoms with Crippen LogP contribution in [-0.4, -0.2) is 4.98 Å². The Morgan fingerprint density at radius 2 is 1.84 bits per heavy atom. The third-order valence-electron chi connectivity index (χ3n) is 2.51. The first kappa shape index (κ1) is 14.0. The van der Waals surface area contributed by atoms with Crippen molar-refractivity contribution in [1.29, 1.82) is 0 Å². The van der Waals surface area contributed by atoms with Gasteiger partial charge in [-0.1, -0.05) is 34.1 Å². The second kappa shape index (κ2) is 5.28. The number of benzene rings is 1. The zero-order valence-electron chi connectivity index (χ0n) is 9.51. The lowest BCUT2D eigenvalue weighted by atomic mass is 10.1. The Morgan fingerprint density at radius 3 is 2.42 bits per heavy atom. The molecule has 0 aliphatic carbocycles. The lowest BCUT2D eigenvalue weighted by Crippen LogP contribution is -2.09. The molecule has 0 saturated carbocycles. The molecule has 1 aromatic heterocycles. The van der Waals surface area contributed by atoms with Gasteiger partial charge in [-0.2, -0.15) is 13.2 Å². The number of nitrogens with zero attached hydrogens (tertiary/aromatic N) is 1. The van der Waals surface area contributed by atoms with Crippen molar-refractivity contribution in [3.05, 3.63) is 53.5 Å². The minimum absolute atomic E-state index is 0.131. The highest BCUT2D eigenvalue weighted by Crippen LogP contribution is 2.32. The first-order valence-corrected chi connectivity index (χ1v) is 6.43. The molecule has 2 aromatic rings. The van der Waals surface area contributed by atoms with E-state index in [1.54, 1.807) is 0 Å². The molecular weight excluding hydrogens is 326 g/mol. The van der Waals surface area contributed by atoms with E-state index in [1.165, 1.54) is 24.3 Å². The average Bonchev–Trinajstić information content (AvgIpc) is 2.37. The number of hydrogen-bond donors (Lipinski definition) is 0. The fourth-order valence-electron chi connectivity index (χ4n) is 1.64. The third kappa shape index (κ3) is 3.12. The quantitative estimate of drug-likeness (QED) is 0.568. The Balaban J connectivity index is 2.60. The minimum atomic E-state index is -4.52. The monoisotopic (exact) mass is 333 g/mol. The van der Waals surface area contributed by atoms with Gasteiger partial charge in [0.05, 0.1) is 5.69 Å². The van der Waals surface area contributed by atoms with E-state index in [-0.39, 0.29) is 5.69 Å². The van der Waals surface area contributed by atoms with E-state index in [0.29, 0.717) is 16.5 Å². The molecule has 6 heteroatoms. The Labute approximate surface area is 115 Å². The summed E-state index contributed by atoms with van der Waals surface area (Å²) in [6.45, 7) is 0. The van der Waals surface area contributed by atoms with Crippen LogP contribution in [0.25, 0.3) is 11.3 Å². The molecule has 0 fully saturated rings. The number of alkyl halides is 4. The van der Waals surface area contributed by atoms with Crippen molar-refractivity contribution in [3.8, 4) is 11.3 Å². The maximum Gasteiger partial charge on any atom is 0.433 e. The van der Waals surface area contributed by atoms with Gasteiger partial charge < -0.3 is 0 Å². The average molecular weight is 334 g/mol. The molecule has 0 radical (unpaired) electrons. The molecule has 2 rings (SSSR count). The van der Waals surface area contributed by atoms with Crippen molar-refractivity contribution in [2.24, 2.45) is 0 Å². The summed E-state index contributed by atoms with van der Waals surface area (Å²) in [5.41, 5.74) is 0.0295. The molecule has 19 heavy (non-hydrogen) atoms. The summed E-state index contributed by atoms with van der Waals surface area (Å²) >= 11 is 3.18. The Hall–Kier alpha value is -1.43. The normalized spacial score (nSPS) is 11.6. The standard InChI is InChI=1S/C13H8BrF4N/c14-7-9-4-5-11(13(16,17)18)19-12(9)8-2-1-3-10(15)6-8/h1-6H,7H2. The minimum Gasteiger partial charge on any atom is -0.243 e. The molecule has 1 aromatic carbocycles. The topological polar surface area (TPSA) is 12.9 Å². The van der Waals surface area contributed by atoms with E-state index < -0.39 is 17.7 Å². The van der Waals surface area contributed by atoms with Gasteiger partial charge in [-0.3, -0.25) is 0 Å². The number of pyridine rings is 1. The van der Waals surface area contributed by atoms with Gasteiger partial charge in [-0.25, -0.2) is 9.37 Å². The van der Waals surface area contributed by atoms with Crippen LogP contribution < -0.4 is 0 Å². The van der Waals surface area contributed by atoms with Crippen molar-refractivity contribution < 1.29 is 17.6 Å². The molecule has 100 valence electrons. The summed E-state index contributed by atoms with van der Waals surface area (Å²) in [5.74, 6) is -0.516. The van der Waals surface area contributed by atoms with Crippen molar-refractivity contribution >= 4 is 15.9 Å². The number of halogens is 5. The second-order valence-electron chi connectivity index (χ2n) is 3.85. The Kier molecular flexibility index (Phi) is 3.89. The first-order chi connectivity index (χ1) is 8.91. The van der Waals surface area contributed by atoms with Crippen molar-refractivity contribution in [2.45, 2.75) is 11.5 Å². The van der Waals surface area contributed by atoms with E-state index in [2.05, 4.69) is 20.9 Å². The van der Waals surface area contributed by atoms with Gasteiger partial charge in [0, 0.05) is 10.9 Å². The van der Waals surface area contributed by atoms with E-state index in [4.69, 9.17) is 0 Å². The molecule has 0 atom stereocenters. The number of rotatable bonds is 2. The summed E-state index contributed by atoms with van der Waals surface area (Å²) in [5, 5.41) is 0.337. The summed E-state index contributed by atoms with van der Waals surface area (Å²) in [6.07, 6.45) is -4.52. The van der Waals surface area contributed by atoms with Gasteiger partial charge in [0.25, 0.3) is 0 Å². The second-order valence-corrected chi connectivity index (χ2v) is 4.41. The number of hydrogen-bond acceptors (Lipinski definition) is 1. The van der Waals surface area contributed by atoms with Crippen molar-refractivity contribution in [1.82, 2.24) is 4.98 Å². The van der Waals surface area contributed by atoms with E-state index in [0.717, 1.165) is 12.1 Å². The van der Waals surface area contributed by atoms with Crippen LogP contribution in [-0.2, 0) is 11.5 Å². The van der Waals surface area contributed by atoms with Crippen molar-refractivity contribution in [2.75, 3.05) is 0 Å². The van der Waals surface area contributed by atoms with E-state index in [1.807, 2.05) is 0 Å². The van der Waals surface area contributed by atoms with E-state index >= 15 is 0 Å². The summed E-state index contributed by atoms with van der Waals surface area (Å²) < 4.78 is 51.1. The van der Waals surface area contributed by atoms with Crippen LogP contribution in [0, 0.1) is 5.82 Å². The smallest absolute Gasteiger partial charge is 0.243 e. The van der Waals surface area contributed by atoms with Crippen LogP contribution in [0.4, 0.5) is 17.6 Å². The predicted octanol–water partition coefficient (Wildman–Crippen LogP) is 4.80. The summed E-state index contributed by atoms with van der Waals surface area (Å²) in [4.78, 5) is 3.60. The van der Waals surface area contributed by atoms with Gasteiger partial charge in [0.2, 0.25) is 0 Å². The molecule has 0 aliphatic heterocycles. The highest BCUT2D eigenvalue weighted by atomic mass is 79.9. The third-order valence-corrected chi connectivity index (χ3v) is 3.12. The van der Waals surface area contributed by atoms with Crippen LogP contribution in [0.5, 0.6) is 0 Å². The molecule has 0 unspecified atom stereocenters. The maximum atomic E-state index is 13.2. The van der Waals surface area contributed by atoms with Gasteiger partial charge >= 0.3 is 6.18 Å². The lowest BCUT2D eigenvalue weighted by Gasteiger charge is -2.11. The lowest BCUT2D eigenvalue weighted by molar-refractivity contribution is -0.141. The van der Waals surface area contributed by atoms with Crippen LogP contribution in [0.15, 0.2) is 36.4 Å². The fourth-order valence-corrected chi connectivity index (χ4v) is 2.09. The van der Waals surface area contributed by atoms with Gasteiger partial charge in [0.1, 0.15) is 11.5 Å². The highest BCUT2D eigenvalue weighted by molar-refractivity contribution is 9.08. The predicted molar refractivity (Wildman–Crippen MR) is 67.3 cm³/mol. The molecule has 0 bridgehead atoms. The number of aromatic nitrogens is 1. The molecule has 1 nitrogen and oxygen atoms in total. The largest absolute Gasteiger partial charge is 0.433 e. The summed E-state index contributed by atoms with van der Waals surface area (Å²) in [7, 11) is 0. The highest BCUT2D eigenvalue weighted by Gasteiger charge is 2.33. The molecule has 0 amide bonds.